The summed E-state index contributed by atoms with van der Waals surface area (Å²) in [6.45, 7) is 4.42. The first-order valence-corrected chi connectivity index (χ1v) is 13.2. The number of nitrogens with one attached hydrogen (secondary N) is 2. The van der Waals surface area contributed by atoms with Gasteiger partial charge in [0.25, 0.3) is 11.8 Å². The van der Waals surface area contributed by atoms with E-state index in [2.05, 4.69) is 10.6 Å². The Labute approximate surface area is 237 Å². The van der Waals surface area contributed by atoms with E-state index in [4.69, 9.17) is 21.1 Å². The van der Waals surface area contributed by atoms with Crippen LogP contribution in [0.1, 0.15) is 72.7 Å². The number of amides is 2. The summed E-state index contributed by atoms with van der Waals surface area (Å²) in [5, 5.41) is 24.5. The molecule has 9 nitrogen and oxygen atoms in total. The van der Waals surface area contributed by atoms with E-state index in [0.717, 1.165) is 0 Å². The van der Waals surface area contributed by atoms with Gasteiger partial charge in [0.2, 0.25) is 0 Å². The molecule has 11 heteroatoms. The number of hydrogen-bond donors (Lipinski definition) is 3. The van der Waals surface area contributed by atoms with Crippen LogP contribution >= 0.6 is 11.6 Å². The molecule has 2 aromatic rings. The lowest BCUT2D eigenvalue weighted by Crippen LogP contribution is -2.35. The van der Waals surface area contributed by atoms with Crippen LogP contribution in [0.25, 0.3) is 0 Å². The second kappa shape index (κ2) is 12.6. The second-order valence-corrected chi connectivity index (χ2v) is 11.3. The first-order chi connectivity index (χ1) is 18.8. The van der Waals surface area contributed by atoms with Gasteiger partial charge in [-0.1, -0.05) is 11.6 Å². The van der Waals surface area contributed by atoms with Gasteiger partial charge in [-0.3, -0.25) is 14.4 Å². The van der Waals surface area contributed by atoms with Crippen molar-refractivity contribution in [3.63, 3.8) is 0 Å². The van der Waals surface area contributed by atoms with Crippen molar-refractivity contribution in [1.29, 1.82) is 5.26 Å². The number of nitriles is 1. The summed E-state index contributed by atoms with van der Waals surface area (Å²) in [6.07, 6.45) is 2.37. The third-order valence-corrected chi connectivity index (χ3v) is 7.25. The molecule has 1 fully saturated rings. The van der Waals surface area contributed by atoms with Crippen LogP contribution < -0.4 is 20.1 Å². The Balaban J connectivity index is 1.82. The molecule has 214 valence electrons. The van der Waals surface area contributed by atoms with E-state index in [1.165, 1.54) is 51.3 Å². The largest absolute Gasteiger partial charge is 0.496 e. The third-order valence-electron chi connectivity index (χ3n) is 7.01. The number of methoxy groups -OCH3 is 1. The molecule has 0 radical (unpaired) electrons. The number of nitrogens with zero attached hydrogens (tertiary/aromatic N) is 1. The molecule has 0 unspecified atom stereocenters. The highest BCUT2D eigenvalue weighted by atomic mass is 35.5. The van der Waals surface area contributed by atoms with Gasteiger partial charge in [0.15, 0.2) is 0 Å². The van der Waals surface area contributed by atoms with Crippen molar-refractivity contribution in [3.05, 3.63) is 52.0 Å². The third kappa shape index (κ3) is 7.63. The molecule has 2 aromatic carbocycles. The van der Waals surface area contributed by atoms with Gasteiger partial charge >= 0.3 is 5.97 Å². The molecule has 0 aliphatic heterocycles. The summed E-state index contributed by atoms with van der Waals surface area (Å²) >= 11 is 6.12. The van der Waals surface area contributed by atoms with Crippen molar-refractivity contribution in [3.8, 4) is 17.6 Å². The maximum Gasteiger partial charge on any atom is 0.309 e. The Hall–Kier alpha value is -3.84. The first kappa shape index (κ1) is 30.7. The number of rotatable bonds is 10. The summed E-state index contributed by atoms with van der Waals surface area (Å²) in [7, 11) is 1.35. The van der Waals surface area contributed by atoms with E-state index in [1.807, 2.05) is 6.07 Å². The number of carbonyl (C=O) groups is 3. The van der Waals surface area contributed by atoms with E-state index in [-0.39, 0.29) is 58.0 Å². The maximum absolute atomic E-state index is 13.9. The minimum absolute atomic E-state index is 0.0508. The van der Waals surface area contributed by atoms with Crippen molar-refractivity contribution >= 4 is 35.1 Å². The molecule has 40 heavy (non-hydrogen) atoms. The van der Waals surface area contributed by atoms with Crippen molar-refractivity contribution in [1.82, 2.24) is 5.32 Å². The van der Waals surface area contributed by atoms with E-state index >= 15 is 0 Å². The normalized spacial score (nSPS) is 18.8. The topological polar surface area (TPSA) is 138 Å². The summed E-state index contributed by atoms with van der Waals surface area (Å²) in [5.74, 6) is -1.67. The highest BCUT2D eigenvalue weighted by Crippen LogP contribution is 2.39. The molecule has 1 aliphatic rings. The van der Waals surface area contributed by atoms with Crippen molar-refractivity contribution < 1.29 is 33.4 Å². The number of aliphatic carboxylic acids is 1. The Bertz CT molecular complexity index is 1330. The van der Waals surface area contributed by atoms with Crippen LogP contribution in [-0.2, 0) is 4.79 Å². The average Bonchev–Trinajstić information content (AvgIpc) is 2.90. The lowest BCUT2D eigenvalue weighted by atomic mass is 9.72. The summed E-state index contributed by atoms with van der Waals surface area (Å²) in [5.41, 5.74) is -1.99. The fourth-order valence-electron chi connectivity index (χ4n) is 4.41. The van der Waals surface area contributed by atoms with Crippen LogP contribution in [0.5, 0.6) is 11.5 Å². The van der Waals surface area contributed by atoms with Gasteiger partial charge in [-0.05, 0) is 76.6 Å². The van der Waals surface area contributed by atoms with E-state index in [0.29, 0.717) is 25.7 Å². The predicted molar refractivity (Wildman–Crippen MR) is 148 cm³/mol. The van der Waals surface area contributed by atoms with Crippen LogP contribution in [0.3, 0.4) is 0 Å². The zero-order valence-electron chi connectivity index (χ0n) is 22.9. The maximum atomic E-state index is 13.9. The lowest BCUT2D eigenvalue weighted by molar-refractivity contribution is -0.150. The van der Waals surface area contributed by atoms with Crippen LogP contribution in [0, 0.1) is 22.7 Å². The zero-order chi connectivity index (χ0) is 29.7. The number of benzene rings is 2. The number of ether oxygens (including phenoxy) is 2. The molecule has 3 rings (SSSR count). The molecule has 0 bridgehead atoms. The monoisotopic (exact) mass is 573 g/mol. The number of carboxylic acid groups (broad SMARTS) is 1. The molecule has 0 saturated heterocycles. The predicted octanol–water partition coefficient (Wildman–Crippen LogP) is 5.61. The molecular weight excluding hydrogens is 541 g/mol. The van der Waals surface area contributed by atoms with Gasteiger partial charge in [-0.15, -0.1) is 0 Å². The van der Waals surface area contributed by atoms with E-state index < -0.39 is 28.9 Å². The van der Waals surface area contributed by atoms with Crippen LogP contribution in [-0.4, -0.2) is 48.8 Å². The number of carboxylic acids is 1. The average molecular weight is 574 g/mol. The number of halogens is 2. The molecular formula is C29H33ClFN3O6. The Morgan fingerprint density at radius 3 is 2.40 bits per heavy atom. The highest BCUT2D eigenvalue weighted by molar-refractivity contribution is 6.31. The van der Waals surface area contributed by atoms with Crippen LogP contribution in [0.4, 0.5) is 10.1 Å². The Kier molecular flexibility index (Phi) is 9.64. The van der Waals surface area contributed by atoms with E-state index in [9.17, 15) is 29.1 Å². The quantitative estimate of drug-likeness (QED) is 0.336. The van der Waals surface area contributed by atoms with Gasteiger partial charge in [0.05, 0.1) is 48.1 Å². The smallest absolute Gasteiger partial charge is 0.309 e. The fraction of sp³-hybridized carbons (Fsp3) is 0.448. The number of anilines is 1. The molecule has 1 aliphatic carbocycles. The van der Waals surface area contributed by atoms with Crippen molar-refractivity contribution in [2.75, 3.05) is 25.6 Å². The molecule has 0 atom stereocenters. The highest BCUT2D eigenvalue weighted by Gasteiger charge is 2.37. The molecule has 0 aromatic heterocycles. The van der Waals surface area contributed by atoms with Crippen molar-refractivity contribution in [2.45, 2.75) is 52.1 Å². The molecule has 0 heterocycles. The molecule has 2 amide bonds. The molecule has 1 saturated carbocycles. The van der Waals surface area contributed by atoms with Gasteiger partial charge < -0.3 is 25.2 Å². The van der Waals surface area contributed by atoms with Crippen LogP contribution in [0.2, 0.25) is 5.02 Å². The fourth-order valence-corrected chi connectivity index (χ4v) is 4.58. The molecule has 3 N–H and O–H groups in total. The Morgan fingerprint density at radius 1 is 1.15 bits per heavy atom. The molecule has 0 spiro atoms. The number of alkyl halides is 1. The SMILES string of the molecule is COc1cc(C#N)c(OCC2CCC(C)(C(=O)O)CC2)cc1C(=O)Nc1cc(Cl)ccc1C(=O)NCC(C)(C)F. The summed E-state index contributed by atoms with van der Waals surface area (Å²) in [6, 6.07) is 9.13. The van der Waals surface area contributed by atoms with Gasteiger partial charge in [-0.2, -0.15) is 5.26 Å². The summed E-state index contributed by atoms with van der Waals surface area (Å²) < 4.78 is 25.2. The van der Waals surface area contributed by atoms with Crippen LogP contribution in [0.15, 0.2) is 30.3 Å². The Morgan fingerprint density at radius 2 is 1.82 bits per heavy atom. The minimum atomic E-state index is -1.63. The first-order valence-electron chi connectivity index (χ1n) is 12.8. The van der Waals surface area contributed by atoms with Gasteiger partial charge in [0, 0.05) is 11.1 Å². The second-order valence-electron chi connectivity index (χ2n) is 10.8. The summed E-state index contributed by atoms with van der Waals surface area (Å²) in [4.78, 5) is 37.6. The van der Waals surface area contributed by atoms with Gasteiger partial charge in [0.1, 0.15) is 23.2 Å². The standard InChI is InChI=1S/C29H33ClFN3O6/c1-28(2,31)16-33-25(35)20-6-5-19(30)12-22(20)34-26(36)21-13-23(18(14-32)11-24(21)39-4)40-15-17-7-9-29(3,10-8-17)27(37)38/h5-6,11-13,17H,7-10,15-16H2,1-4H3,(H,33,35)(H,34,36)(H,37,38). The number of carbonyl (C=O) groups excluding carboxylic acids is 2. The lowest BCUT2D eigenvalue weighted by Gasteiger charge is -2.33. The van der Waals surface area contributed by atoms with Gasteiger partial charge in [-0.25, -0.2) is 4.39 Å². The minimum Gasteiger partial charge on any atom is -0.496 e. The van der Waals surface area contributed by atoms with Crippen molar-refractivity contribution in [2.24, 2.45) is 11.3 Å². The zero-order valence-corrected chi connectivity index (χ0v) is 23.7. The van der Waals surface area contributed by atoms with E-state index in [1.54, 1.807) is 6.92 Å². The number of hydrogen-bond acceptors (Lipinski definition) is 6.